The Labute approximate surface area is 146 Å². The van der Waals surface area contributed by atoms with Crippen LogP contribution in [0.5, 0.6) is 0 Å². The van der Waals surface area contributed by atoms with Crippen LogP contribution in [0, 0.1) is 5.92 Å². The van der Waals surface area contributed by atoms with Gasteiger partial charge in [0.25, 0.3) is 0 Å². The van der Waals surface area contributed by atoms with E-state index in [1.165, 1.54) is 12.8 Å². The Bertz CT molecular complexity index is 748. The first-order valence-corrected chi connectivity index (χ1v) is 8.69. The fraction of sp³-hybridized carbons (Fsp3) is 0.444. The highest BCUT2D eigenvalue weighted by Crippen LogP contribution is 2.33. The standard InChI is InChI=1S/C18H22N6O/c1-24-17(25)7-14(18(24)13-3-2-6-19-10-13)23-16-8-15(21-11-22-16)20-9-12-4-5-12/h2-3,6,8,10-12,14,18H,4-5,7,9H2,1H3,(H2,20,21,22,23)/t14-,18+/m1/s1. The van der Waals surface area contributed by atoms with Crippen LogP contribution >= 0.6 is 0 Å². The first-order chi connectivity index (χ1) is 12.2. The summed E-state index contributed by atoms with van der Waals surface area (Å²) >= 11 is 0. The summed E-state index contributed by atoms with van der Waals surface area (Å²) in [6.45, 7) is 0.958. The molecule has 2 aliphatic rings. The predicted molar refractivity (Wildman–Crippen MR) is 95.0 cm³/mol. The van der Waals surface area contributed by atoms with E-state index in [4.69, 9.17) is 0 Å². The van der Waals surface area contributed by atoms with Crippen LogP contribution in [0.15, 0.2) is 36.9 Å². The fourth-order valence-corrected chi connectivity index (χ4v) is 3.30. The number of carbonyl (C=O) groups excluding carboxylic acids is 1. The largest absolute Gasteiger partial charge is 0.370 e. The first kappa shape index (κ1) is 15.8. The highest BCUT2D eigenvalue weighted by molar-refractivity contribution is 5.80. The minimum atomic E-state index is -0.0564. The van der Waals surface area contributed by atoms with Gasteiger partial charge < -0.3 is 15.5 Å². The lowest BCUT2D eigenvalue weighted by molar-refractivity contribution is -0.127. The normalized spacial score (nSPS) is 22.9. The van der Waals surface area contributed by atoms with E-state index in [-0.39, 0.29) is 18.0 Å². The van der Waals surface area contributed by atoms with E-state index in [0.717, 1.165) is 29.7 Å². The Morgan fingerprint density at radius 3 is 2.88 bits per heavy atom. The second-order valence-electron chi connectivity index (χ2n) is 6.80. The second-order valence-corrected chi connectivity index (χ2v) is 6.80. The summed E-state index contributed by atoms with van der Waals surface area (Å²) in [5.74, 6) is 2.45. The molecule has 1 saturated carbocycles. The molecule has 0 aromatic carbocycles. The molecule has 1 saturated heterocycles. The number of likely N-dealkylation sites (tertiary alicyclic amines) is 1. The molecule has 4 rings (SSSR count). The lowest BCUT2D eigenvalue weighted by Gasteiger charge is -2.26. The maximum atomic E-state index is 12.2. The van der Waals surface area contributed by atoms with Gasteiger partial charge in [-0.1, -0.05) is 6.07 Å². The number of carbonyl (C=O) groups is 1. The summed E-state index contributed by atoms with van der Waals surface area (Å²) in [5.41, 5.74) is 1.02. The third-order valence-corrected chi connectivity index (χ3v) is 4.88. The van der Waals surface area contributed by atoms with Gasteiger partial charge >= 0.3 is 0 Å². The average Bonchev–Trinajstić information content (AvgIpc) is 3.41. The van der Waals surface area contributed by atoms with Crippen LogP contribution in [0.1, 0.15) is 30.9 Å². The van der Waals surface area contributed by atoms with Gasteiger partial charge in [0.05, 0.1) is 12.1 Å². The Morgan fingerprint density at radius 1 is 1.28 bits per heavy atom. The van der Waals surface area contributed by atoms with Crippen molar-refractivity contribution in [2.45, 2.75) is 31.3 Å². The monoisotopic (exact) mass is 338 g/mol. The molecule has 2 atom stereocenters. The van der Waals surface area contributed by atoms with E-state index in [1.54, 1.807) is 17.4 Å². The number of hydrogen-bond acceptors (Lipinski definition) is 6. The smallest absolute Gasteiger partial charge is 0.225 e. The molecule has 2 fully saturated rings. The van der Waals surface area contributed by atoms with E-state index in [2.05, 4.69) is 25.6 Å². The molecule has 130 valence electrons. The van der Waals surface area contributed by atoms with Gasteiger partial charge in [0.15, 0.2) is 0 Å². The van der Waals surface area contributed by atoms with E-state index in [0.29, 0.717) is 6.42 Å². The number of hydrogen-bond donors (Lipinski definition) is 2. The van der Waals surface area contributed by atoms with Crippen LogP contribution in [0.25, 0.3) is 0 Å². The summed E-state index contributed by atoms with van der Waals surface area (Å²) < 4.78 is 0. The van der Waals surface area contributed by atoms with E-state index in [1.807, 2.05) is 31.4 Å². The van der Waals surface area contributed by atoms with Crippen molar-refractivity contribution in [3.05, 3.63) is 42.5 Å². The Balaban J connectivity index is 1.50. The zero-order valence-electron chi connectivity index (χ0n) is 14.2. The highest BCUT2D eigenvalue weighted by atomic mass is 16.2. The summed E-state index contributed by atoms with van der Waals surface area (Å²) in [7, 11) is 1.84. The Kier molecular flexibility index (Phi) is 4.21. The van der Waals surface area contributed by atoms with Gasteiger partial charge in [0, 0.05) is 38.5 Å². The molecular weight excluding hydrogens is 316 g/mol. The number of aromatic nitrogens is 3. The van der Waals surface area contributed by atoms with Crippen LogP contribution in [0.4, 0.5) is 11.6 Å². The van der Waals surface area contributed by atoms with Crippen molar-refractivity contribution in [1.29, 1.82) is 0 Å². The molecule has 1 aliphatic heterocycles. The van der Waals surface area contributed by atoms with Crippen LogP contribution in [0.2, 0.25) is 0 Å². The molecule has 7 heteroatoms. The first-order valence-electron chi connectivity index (χ1n) is 8.69. The van der Waals surface area contributed by atoms with Crippen molar-refractivity contribution in [2.24, 2.45) is 5.92 Å². The molecule has 2 N–H and O–H groups in total. The number of anilines is 2. The van der Waals surface area contributed by atoms with Gasteiger partial charge in [0.2, 0.25) is 5.91 Å². The molecule has 25 heavy (non-hydrogen) atoms. The van der Waals surface area contributed by atoms with Gasteiger partial charge in [-0.15, -0.1) is 0 Å². The van der Waals surface area contributed by atoms with Gasteiger partial charge in [-0.3, -0.25) is 9.78 Å². The lowest BCUT2D eigenvalue weighted by atomic mass is 10.0. The van der Waals surface area contributed by atoms with Gasteiger partial charge in [-0.25, -0.2) is 9.97 Å². The van der Waals surface area contributed by atoms with Gasteiger partial charge in [-0.2, -0.15) is 0 Å². The van der Waals surface area contributed by atoms with Gasteiger partial charge in [0.1, 0.15) is 18.0 Å². The summed E-state index contributed by atoms with van der Waals surface area (Å²) in [6, 6.07) is 5.70. The molecule has 7 nitrogen and oxygen atoms in total. The summed E-state index contributed by atoms with van der Waals surface area (Å²) in [5, 5.41) is 6.77. The minimum absolute atomic E-state index is 0.0483. The molecule has 3 heterocycles. The number of likely N-dealkylation sites (N-methyl/N-ethyl adjacent to an activating group) is 1. The Hall–Kier alpha value is -2.70. The number of amides is 1. The van der Waals surface area contributed by atoms with Crippen molar-refractivity contribution >= 4 is 17.5 Å². The van der Waals surface area contributed by atoms with Crippen LogP contribution in [0.3, 0.4) is 0 Å². The lowest BCUT2D eigenvalue weighted by Crippen LogP contribution is -2.30. The van der Waals surface area contributed by atoms with Crippen molar-refractivity contribution in [3.63, 3.8) is 0 Å². The minimum Gasteiger partial charge on any atom is -0.370 e. The van der Waals surface area contributed by atoms with Crippen LogP contribution in [-0.4, -0.2) is 45.4 Å². The van der Waals surface area contributed by atoms with Crippen molar-refractivity contribution in [3.8, 4) is 0 Å². The predicted octanol–water partition coefficient (Wildman–Crippen LogP) is 2.08. The maximum Gasteiger partial charge on any atom is 0.225 e. The molecule has 1 amide bonds. The molecule has 0 radical (unpaired) electrons. The zero-order valence-corrected chi connectivity index (χ0v) is 14.2. The fourth-order valence-electron chi connectivity index (χ4n) is 3.30. The molecule has 2 aromatic rings. The summed E-state index contributed by atoms with van der Waals surface area (Å²) in [6.07, 6.45) is 8.14. The molecule has 0 unspecified atom stereocenters. The number of rotatable bonds is 6. The zero-order chi connectivity index (χ0) is 17.2. The quantitative estimate of drug-likeness (QED) is 0.839. The topological polar surface area (TPSA) is 83.0 Å². The van der Waals surface area contributed by atoms with E-state index in [9.17, 15) is 4.79 Å². The molecule has 0 spiro atoms. The van der Waals surface area contributed by atoms with Crippen LogP contribution < -0.4 is 10.6 Å². The van der Waals surface area contributed by atoms with Crippen molar-refractivity contribution < 1.29 is 4.79 Å². The summed E-state index contributed by atoms with van der Waals surface area (Å²) in [4.78, 5) is 26.8. The number of pyridine rings is 1. The van der Waals surface area contributed by atoms with Crippen molar-refractivity contribution in [2.75, 3.05) is 24.2 Å². The van der Waals surface area contributed by atoms with Crippen molar-refractivity contribution in [1.82, 2.24) is 19.9 Å². The number of nitrogens with one attached hydrogen (secondary N) is 2. The second kappa shape index (κ2) is 6.66. The third-order valence-electron chi connectivity index (χ3n) is 4.88. The third kappa shape index (κ3) is 3.55. The highest BCUT2D eigenvalue weighted by Gasteiger charge is 2.38. The van der Waals surface area contributed by atoms with E-state index < -0.39 is 0 Å². The maximum absolute atomic E-state index is 12.2. The number of nitrogens with zero attached hydrogens (tertiary/aromatic N) is 4. The molecular formula is C18H22N6O. The molecule has 1 aliphatic carbocycles. The Morgan fingerprint density at radius 2 is 2.12 bits per heavy atom. The van der Waals surface area contributed by atoms with Crippen LogP contribution in [-0.2, 0) is 4.79 Å². The molecule has 0 bridgehead atoms. The van der Waals surface area contributed by atoms with E-state index >= 15 is 0 Å². The molecule has 2 aromatic heterocycles. The SMILES string of the molecule is CN1C(=O)C[C@@H](Nc2cc(NCC3CC3)ncn2)[C@@H]1c1cccnc1. The van der Waals surface area contributed by atoms with Gasteiger partial charge in [-0.05, 0) is 30.4 Å². The average molecular weight is 338 g/mol.